The zero-order chi connectivity index (χ0) is 18.9. The van der Waals surface area contributed by atoms with Crippen LogP contribution in [-0.2, 0) is 9.53 Å². The molecule has 1 amide bonds. The van der Waals surface area contributed by atoms with Crippen molar-refractivity contribution >= 4 is 27.5 Å². The fourth-order valence-corrected chi connectivity index (χ4v) is 4.10. The van der Waals surface area contributed by atoms with E-state index in [1.165, 1.54) is 0 Å². The average Bonchev–Trinajstić information content (AvgIpc) is 2.55. The summed E-state index contributed by atoms with van der Waals surface area (Å²) in [5, 5.41) is 10.00. The van der Waals surface area contributed by atoms with Crippen molar-refractivity contribution in [3.8, 4) is 11.8 Å². The van der Waals surface area contributed by atoms with Crippen LogP contribution in [0.5, 0.6) is 0 Å². The zero-order valence-corrected chi connectivity index (χ0v) is 17.9. The molecule has 0 fully saturated rings. The van der Waals surface area contributed by atoms with Crippen LogP contribution >= 0.6 is 21.6 Å². The summed E-state index contributed by atoms with van der Waals surface area (Å²) in [6.45, 7) is 13.3. The van der Waals surface area contributed by atoms with Crippen molar-refractivity contribution in [3.63, 3.8) is 0 Å². The molecule has 0 rings (SSSR count). The largest absolute Gasteiger partial charge is 0.370 e. The predicted octanol–water partition coefficient (Wildman–Crippen LogP) is 3.22. The van der Waals surface area contributed by atoms with Crippen LogP contribution in [0.2, 0.25) is 0 Å². The summed E-state index contributed by atoms with van der Waals surface area (Å²) in [7, 11) is 3.75. The second-order valence-corrected chi connectivity index (χ2v) is 8.87. The Balaban J connectivity index is -0.000000960. The summed E-state index contributed by atoms with van der Waals surface area (Å²) in [5.74, 6) is 7.22. The molecule has 0 aliphatic rings. The van der Waals surface area contributed by atoms with Crippen LogP contribution in [0, 0.1) is 17.8 Å². The fourth-order valence-electron chi connectivity index (χ4n) is 1.67. The number of ether oxygens (including phenoxy) is 1. The SMILES string of the molecule is CCC(NCCOCC(=O)NCC#CC(C)C)SSCCNC(C)C.[HH].[HH].[HH]. The Hall–Kier alpha value is -0.390. The molecule has 0 aromatic rings. The van der Waals surface area contributed by atoms with Gasteiger partial charge in [0, 0.05) is 35.1 Å². The van der Waals surface area contributed by atoms with E-state index in [9.17, 15) is 4.79 Å². The van der Waals surface area contributed by atoms with Crippen molar-refractivity contribution in [1.82, 2.24) is 16.0 Å². The first-order chi connectivity index (χ1) is 12.0. The van der Waals surface area contributed by atoms with E-state index in [0.29, 0.717) is 30.5 Å². The van der Waals surface area contributed by atoms with Gasteiger partial charge < -0.3 is 20.7 Å². The van der Waals surface area contributed by atoms with Crippen molar-refractivity contribution in [2.24, 2.45) is 5.92 Å². The number of hydrogen-bond donors (Lipinski definition) is 3. The van der Waals surface area contributed by atoms with E-state index in [2.05, 4.69) is 48.6 Å². The average molecular weight is 396 g/mol. The van der Waals surface area contributed by atoms with E-state index in [0.717, 1.165) is 25.3 Å². The van der Waals surface area contributed by atoms with Crippen molar-refractivity contribution in [1.29, 1.82) is 0 Å². The molecule has 0 radical (unpaired) electrons. The highest BCUT2D eigenvalue weighted by Gasteiger charge is 2.06. The molecule has 1 unspecified atom stereocenters. The van der Waals surface area contributed by atoms with E-state index in [-0.39, 0.29) is 16.8 Å². The highest BCUT2D eigenvalue weighted by molar-refractivity contribution is 8.76. The molecule has 0 spiro atoms. The third-order valence-corrected chi connectivity index (χ3v) is 5.75. The minimum atomic E-state index is -0.118. The molecule has 5 nitrogen and oxygen atoms in total. The number of nitrogens with one attached hydrogen (secondary N) is 3. The van der Waals surface area contributed by atoms with Crippen LogP contribution in [0.1, 0.15) is 45.3 Å². The lowest BCUT2D eigenvalue weighted by atomic mass is 10.2. The highest BCUT2D eigenvalue weighted by Crippen LogP contribution is 2.26. The van der Waals surface area contributed by atoms with Gasteiger partial charge in [-0.15, -0.1) is 0 Å². The highest BCUT2D eigenvalue weighted by atomic mass is 33.1. The van der Waals surface area contributed by atoms with E-state index in [4.69, 9.17) is 4.74 Å². The van der Waals surface area contributed by atoms with E-state index in [1.54, 1.807) is 0 Å². The van der Waals surface area contributed by atoms with Gasteiger partial charge in [0.25, 0.3) is 0 Å². The first kappa shape index (κ1) is 24.6. The quantitative estimate of drug-likeness (QED) is 0.182. The Labute approximate surface area is 166 Å². The second-order valence-electron chi connectivity index (χ2n) is 6.18. The topological polar surface area (TPSA) is 62.4 Å². The summed E-state index contributed by atoms with van der Waals surface area (Å²) in [6.07, 6.45) is 1.06. The summed E-state index contributed by atoms with van der Waals surface area (Å²) < 4.78 is 5.39. The minimum Gasteiger partial charge on any atom is -0.370 e. The van der Waals surface area contributed by atoms with Crippen LogP contribution in [-0.4, -0.2) is 55.9 Å². The molecule has 0 saturated heterocycles. The van der Waals surface area contributed by atoms with Crippen LogP contribution in [0.4, 0.5) is 0 Å². The Bertz CT molecular complexity index is 409. The summed E-state index contributed by atoms with van der Waals surface area (Å²) in [4.78, 5) is 11.6. The number of carbonyl (C=O) groups is 1. The molecule has 0 aromatic carbocycles. The van der Waals surface area contributed by atoms with E-state index < -0.39 is 0 Å². The van der Waals surface area contributed by atoms with Gasteiger partial charge in [-0.05, 0) is 6.42 Å². The van der Waals surface area contributed by atoms with Gasteiger partial charge in [-0.2, -0.15) is 0 Å². The third-order valence-electron chi connectivity index (χ3n) is 2.91. The molecule has 152 valence electrons. The van der Waals surface area contributed by atoms with Crippen LogP contribution in [0.25, 0.3) is 0 Å². The fraction of sp³-hybridized carbons (Fsp3) is 0.833. The van der Waals surface area contributed by atoms with Crippen molar-refractivity contribution < 1.29 is 13.8 Å². The number of rotatable bonds is 14. The van der Waals surface area contributed by atoms with Gasteiger partial charge in [-0.3, -0.25) is 4.79 Å². The second kappa shape index (κ2) is 17.0. The molecule has 0 heterocycles. The third kappa shape index (κ3) is 18.2. The Kier molecular flexibility index (Phi) is 16.8. The Morgan fingerprint density at radius 1 is 1.20 bits per heavy atom. The zero-order valence-electron chi connectivity index (χ0n) is 16.3. The normalized spacial score (nSPS) is 12.1. The Morgan fingerprint density at radius 3 is 2.60 bits per heavy atom. The summed E-state index contributed by atoms with van der Waals surface area (Å²) >= 11 is 0. The van der Waals surface area contributed by atoms with Crippen molar-refractivity contribution in [3.05, 3.63) is 0 Å². The number of hydrogen-bond acceptors (Lipinski definition) is 6. The van der Waals surface area contributed by atoms with Gasteiger partial charge in [0.2, 0.25) is 5.91 Å². The molecule has 0 saturated carbocycles. The molecule has 7 heteroatoms. The van der Waals surface area contributed by atoms with Gasteiger partial charge in [-0.1, -0.05) is 68.0 Å². The molecule has 0 bridgehead atoms. The molecule has 1 atom stereocenters. The first-order valence-corrected chi connectivity index (χ1v) is 11.4. The van der Waals surface area contributed by atoms with Gasteiger partial charge >= 0.3 is 0 Å². The monoisotopic (exact) mass is 395 g/mol. The van der Waals surface area contributed by atoms with E-state index in [1.807, 2.05) is 35.4 Å². The van der Waals surface area contributed by atoms with Gasteiger partial charge in [0.15, 0.2) is 0 Å². The van der Waals surface area contributed by atoms with Crippen molar-refractivity contribution in [2.75, 3.05) is 38.6 Å². The van der Waals surface area contributed by atoms with Crippen molar-refractivity contribution in [2.45, 2.75) is 52.5 Å². The van der Waals surface area contributed by atoms with Gasteiger partial charge in [-0.25, -0.2) is 0 Å². The molecular weight excluding hydrogens is 354 g/mol. The smallest absolute Gasteiger partial charge is 0.246 e. The molecule has 3 N–H and O–H groups in total. The molecule has 25 heavy (non-hydrogen) atoms. The summed E-state index contributed by atoms with van der Waals surface area (Å²) in [5.41, 5.74) is 0. The predicted molar refractivity (Wildman–Crippen MR) is 118 cm³/mol. The maximum atomic E-state index is 11.6. The minimum absolute atomic E-state index is 0. The molecule has 0 aliphatic heterocycles. The summed E-state index contributed by atoms with van der Waals surface area (Å²) in [6, 6.07) is 0.544. The molecule has 0 aliphatic carbocycles. The first-order valence-electron chi connectivity index (χ1n) is 9.03. The maximum Gasteiger partial charge on any atom is 0.246 e. The molecular formula is C18H41N3O2S2. The Morgan fingerprint density at radius 2 is 1.96 bits per heavy atom. The van der Waals surface area contributed by atoms with Crippen LogP contribution in [0.3, 0.4) is 0 Å². The van der Waals surface area contributed by atoms with E-state index >= 15 is 0 Å². The van der Waals surface area contributed by atoms with Crippen LogP contribution < -0.4 is 16.0 Å². The number of carbonyl (C=O) groups excluding carboxylic acids is 1. The lowest BCUT2D eigenvalue weighted by molar-refractivity contribution is -0.125. The lowest BCUT2D eigenvalue weighted by Gasteiger charge is -2.16. The standard InChI is InChI=1S/C18H35N3O2S2.3H2/c1-6-18(25-24-13-11-19-16(4)5)21-10-12-23-14-17(22)20-9-7-8-15(2)3;;;/h15-16,18-19,21H,6,9-14H2,1-5H3,(H,20,22);3*1H. The lowest BCUT2D eigenvalue weighted by Crippen LogP contribution is -2.31. The van der Waals surface area contributed by atoms with Gasteiger partial charge in [0.05, 0.1) is 18.5 Å². The maximum absolute atomic E-state index is 11.6. The van der Waals surface area contributed by atoms with Crippen LogP contribution in [0.15, 0.2) is 0 Å². The number of amides is 1. The molecule has 0 aromatic heterocycles. The van der Waals surface area contributed by atoms with Gasteiger partial charge in [0.1, 0.15) is 6.61 Å².